The third-order valence-corrected chi connectivity index (χ3v) is 3.45. The van der Waals surface area contributed by atoms with Gasteiger partial charge < -0.3 is 19.5 Å². The number of hydrogen-bond acceptors (Lipinski definition) is 4. The lowest BCUT2D eigenvalue weighted by molar-refractivity contribution is -0.274. The molecule has 5 nitrogen and oxygen atoms in total. The number of nitrogens with one attached hydrogen (secondary N) is 1. The van der Waals surface area contributed by atoms with Crippen LogP contribution in [0.15, 0.2) is 42.5 Å². The fourth-order valence-corrected chi connectivity index (χ4v) is 2.32. The van der Waals surface area contributed by atoms with Gasteiger partial charge in [-0.25, -0.2) is 0 Å². The highest BCUT2D eigenvalue weighted by Crippen LogP contribution is 2.32. The van der Waals surface area contributed by atoms with Crippen molar-refractivity contribution in [1.29, 1.82) is 0 Å². The van der Waals surface area contributed by atoms with E-state index in [1.807, 2.05) is 12.1 Å². The van der Waals surface area contributed by atoms with Crippen LogP contribution in [0.1, 0.15) is 12.0 Å². The van der Waals surface area contributed by atoms with Crippen molar-refractivity contribution < 1.29 is 32.2 Å². The van der Waals surface area contributed by atoms with Crippen LogP contribution >= 0.6 is 0 Å². The Balaban J connectivity index is 1.50. The monoisotopic (exact) mass is 353 g/mol. The highest BCUT2D eigenvalue weighted by atomic mass is 19.4. The zero-order valence-electron chi connectivity index (χ0n) is 12.9. The van der Waals surface area contributed by atoms with Crippen molar-refractivity contribution in [2.24, 2.45) is 0 Å². The molecule has 0 spiro atoms. The summed E-state index contributed by atoms with van der Waals surface area (Å²) in [6.45, 7) is 0.188. The quantitative estimate of drug-likeness (QED) is 0.886. The van der Waals surface area contributed by atoms with Crippen molar-refractivity contribution >= 4 is 11.6 Å². The van der Waals surface area contributed by atoms with E-state index >= 15 is 0 Å². The van der Waals surface area contributed by atoms with Crippen LogP contribution in [0.2, 0.25) is 0 Å². The van der Waals surface area contributed by atoms with Gasteiger partial charge in [0.15, 0.2) is 11.5 Å². The predicted molar refractivity (Wildman–Crippen MR) is 82.6 cm³/mol. The van der Waals surface area contributed by atoms with Crippen molar-refractivity contribution in [3.63, 3.8) is 0 Å². The topological polar surface area (TPSA) is 56.8 Å². The van der Waals surface area contributed by atoms with Gasteiger partial charge in [-0.3, -0.25) is 4.79 Å². The van der Waals surface area contributed by atoms with Crippen molar-refractivity contribution in [1.82, 2.24) is 0 Å². The first-order chi connectivity index (χ1) is 11.9. The molecule has 25 heavy (non-hydrogen) atoms. The van der Waals surface area contributed by atoms with Crippen LogP contribution in [0.4, 0.5) is 18.9 Å². The normalized spacial score (nSPS) is 12.8. The van der Waals surface area contributed by atoms with Crippen LogP contribution < -0.4 is 19.5 Å². The van der Waals surface area contributed by atoms with Gasteiger partial charge in [-0.15, -0.1) is 13.2 Å². The number of carbonyl (C=O) groups is 1. The van der Waals surface area contributed by atoms with Gasteiger partial charge in [-0.2, -0.15) is 0 Å². The number of amides is 1. The van der Waals surface area contributed by atoms with E-state index in [2.05, 4.69) is 10.1 Å². The molecule has 0 aliphatic carbocycles. The molecule has 0 saturated heterocycles. The summed E-state index contributed by atoms with van der Waals surface area (Å²) in [7, 11) is 0. The molecule has 1 aliphatic rings. The molecule has 0 aromatic heterocycles. The minimum atomic E-state index is -4.74. The molecule has 1 aliphatic heterocycles. The molecule has 0 atom stereocenters. The summed E-state index contributed by atoms with van der Waals surface area (Å²) < 4.78 is 50.5. The third kappa shape index (κ3) is 4.79. The van der Waals surface area contributed by atoms with Crippen molar-refractivity contribution in [2.75, 3.05) is 12.1 Å². The Labute approximate surface area is 141 Å². The van der Waals surface area contributed by atoms with Crippen LogP contribution in [0.5, 0.6) is 17.2 Å². The lowest BCUT2D eigenvalue weighted by Crippen LogP contribution is -2.17. The molecule has 132 valence electrons. The molecular formula is C17H14F3NO4. The number of fused-ring (bicyclic) bond motifs is 1. The van der Waals surface area contributed by atoms with Crippen LogP contribution in [-0.2, 0) is 11.2 Å². The van der Waals surface area contributed by atoms with E-state index in [1.165, 1.54) is 12.1 Å². The zero-order valence-corrected chi connectivity index (χ0v) is 12.9. The Morgan fingerprint density at radius 3 is 2.52 bits per heavy atom. The molecule has 8 heteroatoms. The summed E-state index contributed by atoms with van der Waals surface area (Å²) in [5, 5.41) is 2.62. The van der Waals surface area contributed by atoms with Gasteiger partial charge in [0.05, 0.1) is 0 Å². The van der Waals surface area contributed by atoms with Gasteiger partial charge in [0, 0.05) is 12.1 Å². The smallest absolute Gasteiger partial charge is 0.454 e. The van der Waals surface area contributed by atoms with E-state index in [-0.39, 0.29) is 24.9 Å². The Bertz CT molecular complexity index is 759. The first kappa shape index (κ1) is 16.9. The molecule has 1 heterocycles. The Hall–Kier alpha value is -2.90. The van der Waals surface area contributed by atoms with Gasteiger partial charge in [-0.05, 0) is 48.4 Å². The third-order valence-electron chi connectivity index (χ3n) is 3.45. The van der Waals surface area contributed by atoms with Crippen molar-refractivity contribution in [2.45, 2.75) is 19.2 Å². The first-order valence-corrected chi connectivity index (χ1v) is 7.43. The number of halogens is 3. The van der Waals surface area contributed by atoms with E-state index < -0.39 is 6.36 Å². The maximum Gasteiger partial charge on any atom is 0.573 e. The van der Waals surface area contributed by atoms with Crippen LogP contribution in [0.25, 0.3) is 0 Å². The fourth-order valence-electron chi connectivity index (χ4n) is 2.32. The SMILES string of the molecule is O=C(CCc1ccc2c(c1)OCO2)Nc1ccc(OC(F)(F)F)cc1. The number of aryl methyl sites for hydroxylation is 1. The minimum Gasteiger partial charge on any atom is -0.454 e. The summed E-state index contributed by atoms with van der Waals surface area (Å²) in [4.78, 5) is 12.0. The van der Waals surface area contributed by atoms with Crippen molar-refractivity contribution in [3.05, 3.63) is 48.0 Å². The second-order valence-electron chi connectivity index (χ2n) is 5.31. The standard InChI is InChI=1S/C17H14F3NO4/c18-17(19,20)25-13-5-3-12(4-6-13)21-16(22)8-2-11-1-7-14-15(9-11)24-10-23-14/h1,3-7,9H,2,8,10H2,(H,21,22). The van der Waals surface area contributed by atoms with E-state index in [0.717, 1.165) is 17.7 Å². The largest absolute Gasteiger partial charge is 0.573 e. The zero-order chi connectivity index (χ0) is 17.9. The lowest BCUT2D eigenvalue weighted by atomic mass is 10.1. The maximum absolute atomic E-state index is 12.1. The highest BCUT2D eigenvalue weighted by molar-refractivity contribution is 5.90. The van der Waals surface area contributed by atoms with Crippen LogP contribution in [0, 0.1) is 0 Å². The number of carbonyl (C=O) groups excluding carboxylic acids is 1. The molecule has 0 unspecified atom stereocenters. The summed E-state index contributed by atoms with van der Waals surface area (Å²) >= 11 is 0. The Morgan fingerprint density at radius 1 is 1.08 bits per heavy atom. The summed E-state index contributed by atoms with van der Waals surface area (Å²) in [5.74, 6) is 0.737. The van der Waals surface area contributed by atoms with Gasteiger partial charge >= 0.3 is 6.36 Å². The van der Waals surface area contributed by atoms with Gasteiger partial charge in [0.25, 0.3) is 0 Å². The number of rotatable bonds is 5. The molecular weight excluding hydrogens is 339 g/mol. The molecule has 0 radical (unpaired) electrons. The predicted octanol–water partition coefficient (Wildman–Crippen LogP) is 3.89. The van der Waals surface area contributed by atoms with E-state index in [0.29, 0.717) is 23.6 Å². The average molecular weight is 353 g/mol. The second-order valence-corrected chi connectivity index (χ2v) is 5.31. The summed E-state index contributed by atoms with van der Waals surface area (Å²) in [6.07, 6.45) is -4.02. The van der Waals surface area contributed by atoms with E-state index in [1.54, 1.807) is 6.07 Å². The number of alkyl halides is 3. The molecule has 0 bridgehead atoms. The Morgan fingerprint density at radius 2 is 1.80 bits per heavy atom. The van der Waals surface area contributed by atoms with Crippen molar-refractivity contribution in [3.8, 4) is 17.2 Å². The highest BCUT2D eigenvalue weighted by Gasteiger charge is 2.30. The molecule has 3 rings (SSSR count). The first-order valence-electron chi connectivity index (χ1n) is 7.43. The van der Waals surface area contributed by atoms with Crippen LogP contribution in [0.3, 0.4) is 0 Å². The molecule has 0 fully saturated rings. The molecule has 0 saturated carbocycles. The van der Waals surface area contributed by atoms with E-state index in [9.17, 15) is 18.0 Å². The number of ether oxygens (including phenoxy) is 3. The van der Waals surface area contributed by atoms with Gasteiger partial charge in [0.1, 0.15) is 5.75 Å². The minimum absolute atomic E-state index is 0.188. The van der Waals surface area contributed by atoms with Crippen LogP contribution in [-0.4, -0.2) is 19.1 Å². The molecule has 2 aromatic rings. The molecule has 2 aromatic carbocycles. The average Bonchev–Trinajstić information content (AvgIpc) is 3.01. The number of anilines is 1. The number of hydrogen-bond donors (Lipinski definition) is 1. The second kappa shape index (κ2) is 6.92. The molecule has 1 amide bonds. The fraction of sp³-hybridized carbons (Fsp3) is 0.235. The summed E-state index contributed by atoms with van der Waals surface area (Å²) in [5.41, 5.74) is 1.32. The maximum atomic E-state index is 12.1. The van der Waals surface area contributed by atoms with Gasteiger partial charge in [0.2, 0.25) is 12.7 Å². The van der Waals surface area contributed by atoms with Gasteiger partial charge in [-0.1, -0.05) is 6.07 Å². The molecule has 1 N–H and O–H groups in total. The summed E-state index contributed by atoms with van der Waals surface area (Å²) in [6, 6.07) is 10.4. The lowest BCUT2D eigenvalue weighted by Gasteiger charge is -2.10. The Kier molecular flexibility index (Phi) is 4.69. The number of benzene rings is 2. The van der Waals surface area contributed by atoms with E-state index in [4.69, 9.17) is 9.47 Å².